The van der Waals surface area contributed by atoms with Gasteiger partial charge in [0.2, 0.25) is 10.0 Å². The van der Waals surface area contributed by atoms with Gasteiger partial charge in [-0.2, -0.15) is 4.31 Å². The Morgan fingerprint density at radius 1 is 1.43 bits per heavy atom. The second kappa shape index (κ2) is 6.12. The summed E-state index contributed by atoms with van der Waals surface area (Å²) in [6, 6.07) is 1.50. The fourth-order valence-electron chi connectivity index (χ4n) is 2.14. The second-order valence-corrected chi connectivity index (χ2v) is 7.25. The van der Waals surface area contributed by atoms with Crippen LogP contribution in [0.15, 0.2) is 23.4 Å². The van der Waals surface area contributed by atoms with Crippen LogP contribution >= 0.6 is 0 Å². The molecule has 7 heteroatoms. The molecular weight excluding hydrogens is 290 g/mol. The molecule has 1 fully saturated rings. The van der Waals surface area contributed by atoms with Gasteiger partial charge in [-0.1, -0.05) is 11.8 Å². The standard InChI is InChI=1S/C14H19N3O3S/c1-14(18)4-7-17(8-5-14)21(19,20)13-9-12(3-2-6-15)10-16-11-13/h9-11,18H,4-8,15H2,1H3. The van der Waals surface area contributed by atoms with Crippen molar-refractivity contribution in [2.45, 2.75) is 30.3 Å². The number of nitrogens with two attached hydrogens (primary N) is 1. The summed E-state index contributed by atoms with van der Waals surface area (Å²) in [6.07, 6.45) is 3.66. The zero-order chi connectivity index (χ0) is 15.5. The molecule has 0 atom stereocenters. The maximum atomic E-state index is 12.6. The van der Waals surface area contributed by atoms with Gasteiger partial charge in [0.05, 0.1) is 12.1 Å². The summed E-state index contributed by atoms with van der Waals surface area (Å²) in [7, 11) is -3.60. The molecule has 0 saturated carbocycles. The van der Waals surface area contributed by atoms with E-state index in [-0.39, 0.29) is 11.4 Å². The van der Waals surface area contributed by atoms with Gasteiger partial charge in [0.1, 0.15) is 4.90 Å². The van der Waals surface area contributed by atoms with E-state index in [1.54, 1.807) is 6.92 Å². The third kappa shape index (κ3) is 3.80. The molecule has 0 unspecified atom stereocenters. The highest BCUT2D eigenvalue weighted by molar-refractivity contribution is 7.89. The summed E-state index contributed by atoms with van der Waals surface area (Å²) < 4.78 is 26.5. The molecular formula is C14H19N3O3S. The maximum Gasteiger partial charge on any atom is 0.244 e. The molecule has 0 amide bonds. The second-order valence-electron chi connectivity index (χ2n) is 5.32. The van der Waals surface area contributed by atoms with E-state index in [2.05, 4.69) is 16.8 Å². The molecule has 2 heterocycles. The average Bonchev–Trinajstić information content (AvgIpc) is 2.45. The van der Waals surface area contributed by atoms with Gasteiger partial charge in [0, 0.05) is 31.0 Å². The van der Waals surface area contributed by atoms with Gasteiger partial charge in [0.25, 0.3) is 0 Å². The molecule has 1 saturated heterocycles. The van der Waals surface area contributed by atoms with Crippen LogP contribution in [-0.2, 0) is 10.0 Å². The lowest BCUT2D eigenvalue weighted by atomic mass is 9.95. The highest BCUT2D eigenvalue weighted by atomic mass is 32.2. The van der Waals surface area contributed by atoms with Crippen molar-refractivity contribution < 1.29 is 13.5 Å². The predicted molar refractivity (Wildman–Crippen MR) is 78.8 cm³/mol. The molecule has 6 nitrogen and oxygen atoms in total. The zero-order valence-corrected chi connectivity index (χ0v) is 12.7. The topological polar surface area (TPSA) is 96.5 Å². The number of nitrogens with zero attached hydrogens (tertiary/aromatic N) is 2. The van der Waals surface area contributed by atoms with Crippen LogP contribution in [0, 0.1) is 11.8 Å². The first-order chi connectivity index (χ1) is 9.85. The van der Waals surface area contributed by atoms with E-state index in [1.807, 2.05) is 0 Å². The molecule has 0 aromatic carbocycles. The largest absolute Gasteiger partial charge is 0.390 e. The van der Waals surface area contributed by atoms with Crippen LogP contribution in [0.25, 0.3) is 0 Å². The number of aromatic nitrogens is 1. The van der Waals surface area contributed by atoms with Crippen LogP contribution in [0.5, 0.6) is 0 Å². The Balaban J connectivity index is 2.24. The van der Waals surface area contributed by atoms with Crippen molar-refractivity contribution in [1.29, 1.82) is 0 Å². The molecule has 21 heavy (non-hydrogen) atoms. The van der Waals surface area contributed by atoms with E-state index >= 15 is 0 Å². The van der Waals surface area contributed by atoms with E-state index in [1.165, 1.54) is 22.8 Å². The number of hydrogen-bond donors (Lipinski definition) is 2. The Kier molecular flexibility index (Phi) is 4.64. The van der Waals surface area contributed by atoms with Crippen molar-refractivity contribution in [2.24, 2.45) is 5.73 Å². The predicted octanol–water partition coefficient (Wildman–Crippen LogP) is -0.0727. The zero-order valence-electron chi connectivity index (χ0n) is 11.9. The number of hydrogen-bond acceptors (Lipinski definition) is 5. The van der Waals surface area contributed by atoms with Crippen LogP contribution in [0.2, 0.25) is 0 Å². The van der Waals surface area contributed by atoms with Gasteiger partial charge in [-0.3, -0.25) is 4.98 Å². The molecule has 2 rings (SSSR count). The molecule has 0 bridgehead atoms. The fraction of sp³-hybridized carbons (Fsp3) is 0.500. The Hall–Kier alpha value is -1.46. The molecule has 1 aromatic heterocycles. The molecule has 0 aliphatic carbocycles. The van der Waals surface area contributed by atoms with Crippen LogP contribution in [0.4, 0.5) is 0 Å². The van der Waals surface area contributed by atoms with E-state index in [0.29, 0.717) is 31.5 Å². The van der Waals surface area contributed by atoms with Crippen LogP contribution in [0.1, 0.15) is 25.3 Å². The minimum Gasteiger partial charge on any atom is -0.390 e. The lowest BCUT2D eigenvalue weighted by Crippen LogP contribution is -2.45. The van der Waals surface area contributed by atoms with Crippen molar-refractivity contribution >= 4 is 10.0 Å². The van der Waals surface area contributed by atoms with Gasteiger partial charge in [-0.05, 0) is 25.8 Å². The Bertz CT molecular complexity index is 664. The number of rotatable bonds is 2. The average molecular weight is 309 g/mol. The summed E-state index contributed by atoms with van der Waals surface area (Å²) in [6.45, 7) is 2.53. The van der Waals surface area contributed by atoms with Crippen LogP contribution in [-0.4, -0.2) is 48.0 Å². The van der Waals surface area contributed by atoms with Crippen LogP contribution < -0.4 is 5.73 Å². The third-order valence-corrected chi connectivity index (χ3v) is 5.35. The number of piperidine rings is 1. The first-order valence-corrected chi connectivity index (χ1v) is 8.16. The summed E-state index contributed by atoms with van der Waals surface area (Å²) in [4.78, 5) is 4.05. The van der Waals surface area contributed by atoms with Crippen molar-refractivity contribution in [3.05, 3.63) is 24.0 Å². The first kappa shape index (κ1) is 15.9. The van der Waals surface area contributed by atoms with E-state index in [0.717, 1.165) is 0 Å². The van der Waals surface area contributed by atoms with Crippen molar-refractivity contribution in [3.8, 4) is 11.8 Å². The monoisotopic (exact) mass is 309 g/mol. The summed E-state index contributed by atoms with van der Waals surface area (Å²) >= 11 is 0. The Morgan fingerprint density at radius 2 is 2.10 bits per heavy atom. The quantitative estimate of drug-likeness (QED) is 0.745. The van der Waals surface area contributed by atoms with Crippen molar-refractivity contribution in [2.75, 3.05) is 19.6 Å². The van der Waals surface area contributed by atoms with Gasteiger partial charge >= 0.3 is 0 Å². The normalized spacial score (nSPS) is 18.8. The molecule has 0 radical (unpaired) electrons. The maximum absolute atomic E-state index is 12.6. The Morgan fingerprint density at radius 3 is 2.71 bits per heavy atom. The minimum absolute atomic E-state index is 0.118. The van der Waals surface area contributed by atoms with Gasteiger partial charge in [0.15, 0.2) is 0 Å². The summed E-state index contributed by atoms with van der Waals surface area (Å²) in [5.74, 6) is 5.44. The Labute approximate surface area is 125 Å². The summed E-state index contributed by atoms with van der Waals surface area (Å²) in [5, 5.41) is 9.91. The molecule has 3 N–H and O–H groups in total. The van der Waals surface area contributed by atoms with Gasteiger partial charge in [-0.15, -0.1) is 0 Å². The van der Waals surface area contributed by atoms with Crippen molar-refractivity contribution in [3.63, 3.8) is 0 Å². The van der Waals surface area contributed by atoms with Crippen molar-refractivity contribution in [1.82, 2.24) is 9.29 Å². The molecule has 0 spiro atoms. The lowest BCUT2D eigenvalue weighted by molar-refractivity contribution is 0.0126. The highest BCUT2D eigenvalue weighted by Crippen LogP contribution is 2.26. The highest BCUT2D eigenvalue weighted by Gasteiger charge is 2.34. The number of pyridine rings is 1. The van der Waals surface area contributed by atoms with Gasteiger partial charge in [-0.25, -0.2) is 8.42 Å². The van der Waals surface area contributed by atoms with E-state index in [4.69, 9.17) is 5.73 Å². The van der Waals surface area contributed by atoms with E-state index in [9.17, 15) is 13.5 Å². The minimum atomic E-state index is -3.60. The van der Waals surface area contributed by atoms with Gasteiger partial charge < -0.3 is 10.8 Å². The smallest absolute Gasteiger partial charge is 0.244 e. The molecule has 1 aliphatic rings. The number of aliphatic hydroxyl groups is 1. The number of sulfonamides is 1. The summed E-state index contributed by atoms with van der Waals surface area (Å²) in [5.41, 5.74) is 5.02. The van der Waals surface area contributed by atoms with Crippen LogP contribution in [0.3, 0.4) is 0 Å². The van der Waals surface area contributed by atoms with E-state index < -0.39 is 15.6 Å². The first-order valence-electron chi connectivity index (χ1n) is 6.72. The molecule has 114 valence electrons. The lowest BCUT2D eigenvalue weighted by Gasteiger charge is -2.34. The molecule has 1 aliphatic heterocycles. The molecule has 1 aromatic rings. The SMILES string of the molecule is CC1(O)CCN(S(=O)(=O)c2cncc(C#CCN)c2)CC1. The third-order valence-electron chi connectivity index (χ3n) is 3.49. The fourth-order valence-corrected chi connectivity index (χ4v) is 3.57.